The summed E-state index contributed by atoms with van der Waals surface area (Å²) in [6.45, 7) is 2.03. The number of nitrogens with two attached hydrogens (primary N) is 1. The van der Waals surface area contributed by atoms with Crippen molar-refractivity contribution in [2.75, 3.05) is 0 Å². The molecular weight excluding hydrogens is 160 g/mol. The standard InChI is InChI=1S/C11H14N2/c1-10(4-7-12)2-3-11-5-8-13-9-6-11/h2,4-9H,3,12H2,1H3/b7-4-,10-2-. The van der Waals surface area contributed by atoms with Crippen molar-refractivity contribution in [2.24, 2.45) is 5.73 Å². The van der Waals surface area contributed by atoms with E-state index in [1.165, 1.54) is 11.1 Å². The van der Waals surface area contributed by atoms with E-state index < -0.39 is 0 Å². The summed E-state index contributed by atoms with van der Waals surface area (Å²) < 4.78 is 0. The van der Waals surface area contributed by atoms with Gasteiger partial charge in [-0.05, 0) is 43.3 Å². The van der Waals surface area contributed by atoms with E-state index in [-0.39, 0.29) is 0 Å². The first kappa shape index (κ1) is 9.52. The Morgan fingerprint density at radius 3 is 2.77 bits per heavy atom. The van der Waals surface area contributed by atoms with Crippen LogP contribution in [0.25, 0.3) is 0 Å². The molecule has 0 aliphatic heterocycles. The molecule has 0 saturated carbocycles. The van der Waals surface area contributed by atoms with Gasteiger partial charge in [0.2, 0.25) is 0 Å². The minimum atomic E-state index is 0.929. The second-order valence-corrected chi connectivity index (χ2v) is 2.87. The summed E-state index contributed by atoms with van der Waals surface area (Å²) in [5.74, 6) is 0. The molecule has 1 aromatic rings. The third kappa shape index (κ3) is 3.56. The summed E-state index contributed by atoms with van der Waals surface area (Å²) in [5, 5.41) is 0. The molecule has 1 heterocycles. The quantitative estimate of drug-likeness (QED) is 0.712. The zero-order valence-corrected chi connectivity index (χ0v) is 7.77. The predicted octanol–water partition coefficient (Wildman–Crippen LogP) is 2.04. The van der Waals surface area contributed by atoms with Crippen LogP contribution >= 0.6 is 0 Å². The second kappa shape index (κ2) is 5.14. The average molecular weight is 174 g/mol. The molecule has 2 nitrogen and oxygen atoms in total. The molecule has 0 unspecified atom stereocenters. The summed E-state index contributed by atoms with van der Waals surface area (Å²) in [7, 11) is 0. The maximum Gasteiger partial charge on any atom is 0.0270 e. The molecule has 2 N–H and O–H groups in total. The third-order valence-corrected chi connectivity index (χ3v) is 1.77. The largest absolute Gasteiger partial charge is 0.405 e. The fraction of sp³-hybridized carbons (Fsp3) is 0.182. The van der Waals surface area contributed by atoms with E-state index in [1.807, 2.05) is 25.1 Å². The lowest BCUT2D eigenvalue weighted by atomic mass is 10.1. The highest BCUT2D eigenvalue weighted by atomic mass is 14.6. The molecule has 0 fully saturated rings. The first-order valence-electron chi connectivity index (χ1n) is 4.27. The third-order valence-electron chi connectivity index (χ3n) is 1.77. The lowest BCUT2D eigenvalue weighted by molar-refractivity contribution is 1.19. The molecule has 1 aromatic heterocycles. The molecule has 0 amide bonds. The molecule has 0 aromatic carbocycles. The van der Waals surface area contributed by atoms with E-state index in [0.717, 1.165) is 6.42 Å². The monoisotopic (exact) mass is 174 g/mol. The van der Waals surface area contributed by atoms with Gasteiger partial charge in [-0.1, -0.05) is 11.6 Å². The molecule has 13 heavy (non-hydrogen) atoms. The fourth-order valence-electron chi connectivity index (χ4n) is 1.02. The summed E-state index contributed by atoms with van der Waals surface area (Å²) in [5.41, 5.74) is 7.71. The smallest absolute Gasteiger partial charge is 0.0270 e. The number of pyridine rings is 1. The van der Waals surface area contributed by atoms with E-state index in [9.17, 15) is 0 Å². The van der Waals surface area contributed by atoms with E-state index in [2.05, 4.69) is 11.1 Å². The van der Waals surface area contributed by atoms with Crippen LogP contribution in [0.5, 0.6) is 0 Å². The average Bonchev–Trinajstić information content (AvgIpc) is 2.17. The highest BCUT2D eigenvalue weighted by Gasteiger charge is 1.87. The molecule has 0 bridgehead atoms. The zero-order chi connectivity index (χ0) is 9.52. The van der Waals surface area contributed by atoms with Crippen LogP contribution in [0.2, 0.25) is 0 Å². The molecule has 2 heteroatoms. The number of hydrogen-bond acceptors (Lipinski definition) is 2. The van der Waals surface area contributed by atoms with Crippen molar-refractivity contribution in [1.29, 1.82) is 0 Å². The lowest BCUT2D eigenvalue weighted by Gasteiger charge is -1.95. The molecule has 0 spiro atoms. The van der Waals surface area contributed by atoms with Crippen LogP contribution in [0.15, 0.2) is 48.5 Å². The molecule has 0 aliphatic rings. The van der Waals surface area contributed by atoms with Gasteiger partial charge in [-0.15, -0.1) is 0 Å². The number of aromatic nitrogens is 1. The molecule has 0 radical (unpaired) electrons. The topological polar surface area (TPSA) is 38.9 Å². The van der Waals surface area contributed by atoms with Crippen molar-refractivity contribution in [3.8, 4) is 0 Å². The van der Waals surface area contributed by atoms with Gasteiger partial charge < -0.3 is 5.73 Å². The Balaban J connectivity index is 2.56. The van der Waals surface area contributed by atoms with Gasteiger partial charge in [-0.25, -0.2) is 0 Å². The van der Waals surface area contributed by atoms with Crippen molar-refractivity contribution in [3.63, 3.8) is 0 Å². The van der Waals surface area contributed by atoms with Crippen LogP contribution in [0.3, 0.4) is 0 Å². The molecule has 68 valence electrons. The van der Waals surface area contributed by atoms with Crippen LogP contribution in [-0.4, -0.2) is 4.98 Å². The Morgan fingerprint density at radius 2 is 2.15 bits per heavy atom. The Labute approximate surface area is 78.8 Å². The van der Waals surface area contributed by atoms with Crippen molar-refractivity contribution in [2.45, 2.75) is 13.3 Å². The van der Waals surface area contributed by atoms with Crippen LogP contribution in [0.1, 0.15) is 12.5 Å². The first-order chi connectivity index (χ1) is 6.33. The van der Waals surface area contributed by atoms with Crippen LogP contribution in [0, 0.1) is 0 Å². The molecule has 0 saturated heterocycles. The summed E-state index contributed by atoms with van der Waals surface area (Å²) in [4.78, 5) is 3.95. The molecule has 0 atom stereocenters. The number of hydrogen-bond donors (Lipinski definition) is 1. The van der Waals surface area contributed by atoms with Crippen LogP contribution in [-0.2, 0) is 6.42 Å². The van der Waals surface area contributed by atoms with Gasteiger partial charge in [0.15, 0.2) is 0 Å². The Morgan fingerprint density at radius 1 is 1.46 bits per heavy atom. The van der Waals surface area contributed by atoms with Crippen molar-refractivity contribution >= 4 is 0 Å². The Hall–Kier alpha value is -1.57. The number of nitrogens with zero attached hydrogens (tertiary/aromatic N) is 1. The summed E-state index contributed by atoms with van der Waals surface area (Å²) >= 11 is 0. The van der Waals surface area contributed by atoms with Gasteiger partial charge >= 0.3 is 0 Å². The zero-order valence-electron chi connectivity index (χ0n) is 7.77. The minimum absolute atomic E-state index is 0.929. The van der Waals surface area contributed by atoms with Crippen molar-refractivity contribution in [1.82, 2.24) is 4.98 Å². The Kier molecular flexibility index (Phi) is 3.76. The number of allylic oxidation sites excluding steroid dienone is 3. The molecule has 0 aliphatic carbocycles. The maximum absolute atomic E-state index is 5.27. The maximum atomic E-state index is 5.27. The van der Waals surface area contributed by atoms with E-state index in [4.69, 9.17) is 5.73 Å². The van der Waals surface area contributed by atoms with E-state index >= 15 is 0 Å². The van der Waals surface area contributed by atoms with E-state index in [0.29, 0.717) is 0 Å². The minimum Gasteiger partial charge on any atom is -0.405 e. The van der Waals surface area contributed by atoms with Crippen molar-refractivity contribution < 1.29 is 0 Å². The van der Waals surface area contributed by atoms with Gasteiger partial charge in [0.05, 0.1) is 0 Å². The highest BCUT2D eigenvalue weighted by Crippen LogP contribution is 2.02. The molecular formula is C11H14N2. The van der Waals surface area contributed by atoms with Crippen molar-refractivity contribution in [3.05, 3.63) is 54.0 Å². The summed E-state index contributed by atoms with van der Waals surface area (Å²) in [6.07, 6.45) is 10.1. The van der Waals surface area contributed by atoms with Gasteiger partial charge in [-0.2, -0.15) is 0 Å². The van der Waals surface area contributed by atoms with Gasteiger partial charge in [0.1, 0.15) is 0 Å². The first-order valence-corrected chi connectivity index (χ1v) is 4.27. The highest BCUT2D eigenvalue weighted by molar-refractivity contribution is 5.20. The van der Waals surface area contributed by atoms with Gasteiger partial charge in [0.25, 0.3) is 0 Å². The number of rotatable bonds is 3. The normalized spacial score (nSPS) is 12.2. The molecule has 1 rings (SSSR count). The van der Waals surface area contributed by atoms with Gasteiger partial charge in [0, 0.05) is 12.4 Å². The Bertz CT molecular complexity index is 299. The van der Waals surface area contributed by atoms with Crippen LogP contribution in [0.4, 0.5) is 0 Å². The SMILES string of the molecule is CC(/C=C\N)=C/Cc1ccncc1. The second-order valence-electron chi connectivity index (χ2n) is 2.87. The predicted molar refractivity (Wildman–Crippen MR) is 55.0 cm³/mol. The van der Waals surface area contributed by atoms with Crippen LogP contribution < -0.4 is 5.73 Å². The fourth-order valence-corrected chi connectivity index (χ4v) is 1.02. The summed E-state index contributed by atoms with van der Waals surface area (Å²) in [6, 6.07) is 4.02. The van der Waals surface area contributed by atoms with E-state index in [1.54, 1.807) is 18.6 Å². The lowest BCUT2D eigenvalue weighted by Crippen LogP contribution is -1.83. The van der Waals surface area contributed by atoms with Gasteiger partial charge in [-0.3, -0.25) is 4.98 Å².